The molecule has 0 N–H and O–H groups in total. The molecular formula is C31H36O6S. The number of unbranched alkanes of at least 4 members (excludes halogenated alkanes) is 2. The van der Waals surface area contributed by atoms with Crippen LogP contribution in [0.2, 0.25) is 0 Å². The summed E-state index contributed by atoms with van der Waals surface area (Å²) in [5, 5.41) is 0. The molecule has 0 saturated carbocycles. The van der Waals surface area contributed by atoms with Gasteiger partial charge in [-0.2, -0.15) is 0 Å². The largest absolute Gasteiger partial charge is 0.468 e. The summed E-state index contributed by atoms with van der Waals surface area (Å²) in [4.78, 5) is 26.0. The molecule has 7 heteroatoms. The van der Waals surface area contributed by atoms with Gasteiger partial charge >= 0.3 is 11.9 Å². The summed E-state index contributed by atoms with van der Waals surface area (Å²) in [7, 11) is -2.39. The van der Waals surface area contributed by atoms with Gasteiger partial charge in [0.25, 0.3) is 0 Å². The zero-order chi connectivity index (χ0) is 30.0. The Hall–Kier alpha value is -3.59. The number of carbonyl (C=O) groups is 2. The fourth-order valence-electron chi connectivity index (χ4n) is 3.62. The van der Waals surface area contributed by atoms with Gasteiger partial charge in [0.2, 0.25) is 9.84 Å². The van der Waals surface area contributed by atoms with Crippen molar-refractivity contribution in [2.24, 2.45) is 5.41 Å². The van der Waals surface area contributed by atoms with Crippen molar-refractivity contribution in [2.75, 3.05) is 14.2 Å². The second-order valence-corrected chi connectivity index (χ2v) is 11.2. The number of ether oxygens (including phenoxy) is 2. The summed E-state index contributed by atoms with van der Waals surface area (Å²) < 4.78 is 55.2. The van der Waals surface area contributed by atoms with Gasteiger partial charge in [-0.05, 0) is 30.2 Å². The van der Waals surface area contributed by atoms with Crippen LogP contribution in [0.25, 0.3) is 0 Å². The molecule has 0 aliphatic heterocycles. The molecule has 0 saturated heterocycles. The number of hydrogen-bond acceptors (Lipinski definition) is 6. The first kappa shape index (κ1) is 27.4. The van der Waals surface area contributed by atoms with E-state index in [0.717, 1.165) is 26.2 Å². The molecule has 0 heterocycles. The second kappa shape index (κ2) is 13.8. The average Bonchev–Trinajstić information content (AvgIpc) is 2.95. The second-order valence-electron chi connectivity index (χ2n) is 9.21. The Morgan fingerprint density at radius 2 is 1.50 bits per heavy atom. The van der Waals surface area contributed by atoms with Crippen molar-refractivity contribution in [3.63, 3.8) is 0 Å². The van der Waals surface area contributed by atoms with E-state index in [1.165, 1.54) is 30.3 Å². The molecule has 202 valence electrons. The van der Waals surface area contributed by atoms with Crippen LogP contribution in [0.3, 0.4) is 0 Å². The molecule has 0 bridgehead atoms. The van der Waals surface area contributed by atoms with Crippen LogP contribution in [0.4, 0.5) is 0 Å². The van der Waals surface area contributed by atoms with E-state index in [1.54, 1.807) is 6.07 Å². The van der Waals surface area contributed by atoms with E-state index in [9.17, 15) is 18.0 Å². The zero-order valence-electron chi connectivity index (χ0n) is 24.5. The fraction of sp³-hybridized carbons (Fsp3) is 0.387. The van der Waals surface area contributed by atoms with Crippen LogP contribution in [-0.4, -0.2) is 34.6 Å². The number of rotatable bonds is 11. The lowest BCUT2D eigenvalue weighted by Gasteiger charge is -2.27. The van der Waals surface area contributed by atoms with Crippen molar-refractivity contribution in [3.05, 3.63) is 82.9 Å². The standard InChI is InChI=1S/C31H36O6S/c1-6-7-8-9-16-22-31(28(32)36-4,29(33)37-5)24-27(38(34,35)26-19-14-11-15-20-26)21-23-30(2,3)25-17-12-10-13-18-25/h10-15,17-20,23H,6-8,22,24H2,1-5H3/i22D2. The van der Waals surface area contributed by atoms with Gasteiger partial charge in [-0.1, -0.05) is 75.7 Å². The summed E-state index contributed by atoms with van der Waals surface area (Å²) in [6.07, 6.45) is -0.446. The summed E-state index contributed by atoms with van der Waals surface area (Å²) in [6.45, 7) is 5.65. The minimum Gasteiger partial charge on any atom is -0.468 e. The quantitative estimate of drug-likeness (QED) is 0.118. The third-order valence-electron chi connectivity index (χ3n) is 6.00. The van der Waals surface area contributed by atoms with Crippen LogP contribution < -0.4 is 0 Å². The Balaban J connectivity index is 2.92. The highest BCUT2D eigenvalue weighted by atomic mass is 32.2. The summed E-state index contributed by atoms with van der Waals surface area (Å²) >= 11 is 0. The molecule has 0 amide bonds. The summed E-state index contributed by atoms with van der Waals surface area (Å²) in [5.41, 5.74) is 0.226. The Kier molecular flexibility index (Phi) is 9.97. The van der Waals surface area contributed by atoms with Gasteiger partial charge < -0.3 is 9.47 Å². The number of esters is 2. The van der Waals surface area contributed by atoms with Crippen LogP contribution in [0.5, 0.6) is 0 Å². The van der Waals surface area contributed by atoms with Gasteiger partial charge in [-0.3, -0.25) is 9.59 Å². The minimum absolute atomic E-state index is 0.110. The van der Waals surface area contributed by atoms with Gasteiger partial charge in [0.1, 0.15) is 0 Å². The Labute approximate surface area is 229 Å². The lowest BCUT2D eigenvalue weighted by Crippen LogP contribution is -2.42. The molecule has 38 heavy (non-hydrogen) atoms. The van der Waals surface area contributed by atoms with E-state index in [1.807, 2.05) is 51.1 Å². The van der Waals surface area contributed by atoms with E-state index in [4.69, 9.17) is 12.2 Å². The average molecular weight is 539 g/mol. The molecule has 2 aromatic carbocycles. The predicted octanol–water partition coefficient (Wildman–Crippen LogP) is 5.78. The van der Waals surface area contributed by atoms with E-state index < -0.39 is 50.3 Å². The highest BCUT2D eigenvalue weighted by Crippen LogP contribution is 2.37. The first-order valence-electron chi connectivity index (χ1n) is 13.3. The van der Waals surface area contributed by atoms with Crippen molar-refractivity contribution < 1.29 is 30.2 Å². The Morgan fingerprint density at radius 3 is 2.03 bits per heavy atom. The van der Waals surface area contributed by atoms with Crippen LogP contribution in [0.15, 0.2) is 82.3 Å². The molecule has 0 aliphatic carbocycles. The topological polar surface area (TPSA) is 86.7 Å². The first-order valence-corrected chi connectivity index (χ1v) is 13.8. The lowest BCUT2D eigenvalue weighted by atomic mass is 9.80. The van der Waals surface area contributed by atoms with Crippen LogP contribution in [-0.2, 0) is 34.3 Å². The molecule has 2 rings (SSSR count). The summed E-state index contributed by atoms with van der Waals surface area (Å²) in [5.74, 6) is 2.47. The molecule has 6 nitrogen and oxygen atoms in total. The van der Waals surface area contributed by atoms with Gasteiger partial charge in [0.15, 0.2) is 5.41 Å². The number of sulfone groups is 1. The molecule has 0 atom stereocenters. The maximum absolute atomic E-state index is 13.9. The number of methoxy groups -OCH3 is 2. The Morgan fingerprint density at radius 1 is 0.947 bits per heavy atom. The molecule has 0 fully saturated rings. The van der Waals surface area contributed by atoms with Crippen LogP contribution in [0.1, 0.15) is 61.1 Å². The van der Waals surface area contributed by atoms with E-state index in [2.05, 4.69) is 17.6 Å². The van der Waals surface area contributed by atoms with Gasteiger partial charge in [-0.15, -0.1) is 17.6 Å². The molecule has 2 aromatic rings. The van der Waals surface area contributed by atoms with Gasteiger partial charge in [0.05, 0.1) is 24.0 Å². The van der Waals surface area contributed by atoms with Crippen molar-refractivity contribution >= 4 is 21.8 Å². The van der Waals surface area contributed by atoms with Crippen molar-refractivity contribution in [2.45, 2.75) is 63.1 Å². The van der Waals surface area contributed by atoms with Gasteiger partial charge in [0, 0.05) is 27.4 Å². The third kappa shape index (κ3) is 7.47. The minimum atomic E-state index is -4.37. The first-order chi connectivity index (χ1) is 18.8. The number of allylic oxidation sites excluding steroid dienone is 1. The zero-order valence-corrected chi connectivity index (χ0v) is 23.4. The van der Waals surface area contributed by atoms with Crippen LogP contribution >= 0.6 is 0 Å². The highest BCUT2D eigenvalue weighted by molar-refractivity contribution is 7.95. The smallest absolute Gasteiger partial charge is 0.324 e. The summed E-state index contributed by atoms with van der Waals surface area (Å²) in [6, 6.07) is 16.8. The molecule has 0 unspecified atom stereocenters. The maximum atomic E-state index is 13.9. The number of carbonyl (C=O) groups excluding carboxylic acids is 2. The van der Waals surface area contributed by atoms with Crippen LogP contribution in [0, 0.1) is 17.3 Å². The predicted molar refractivity (Wildman–Crippen MR) is 148 cm³/mol. The Bertz CT molecular complexity index is 1400. The van der Waals surface area contributed by atoms with E-state index in [0.29, 0.717) is 12.8 Å². The van der Waals surface area contributed by atoms with E-state index in [-0.39, 0.29) is 4.90 Å². The normalized spacial score (nSPS) is 12.6. The monoisotopic (exact) mass is 538 g/mol. The van der Waals surface area contributed by atoms with Crippen molar-refractivity contribution in [1.82, 2.24) is 0 Å². The highest BCUT2D eigenvalue weighted by Gasteiger charge is 2.50. The maximum Gasteiger partial charge on any atom is 0.324 e. The van der Waals surface area contributed by atoms with E-state index >= 15 is 0 Å². The number of hydrogen-bond donors (Lipinski definition) is 0. The van der Waals surface area contributed by atoms with Crippen molar-refractivity contribution in [1.29, 1.82) is 0 Å². The lowest BCUT2D eigenvalue weighted by molar-refractivity contribution is -0.168. The molecule has 0 radical (unpaired) electrons. The molecule has 0 spiro atoms. The number of benzene rings is 2. The van der Waals surface area contributed by atoms with Gasteiger partial charge in [-0.25, -0.2) is 8.42 Å². The van der Waals surface area contributed by atoms with Crippen molar-refractivity contribution in [3.8, 4) is 11.8 Å². The molecular weight excluding hydrogens is 500 g/mol. The molecule has 0 aliphatic rings. The SMILES string of the molecule is [2H]C([2H])(C#CCCCC)C(CC(=C=CC(C)(C)c1ccccc1)S(=O)(=O)c1ccccc1)(C(=O)OC)C(=O)OC. The third-order valence-corrected chi connectivity index (χ3v) is 7.81. The molecule has 0 aromatic heterocycles. The fourth-order valence-corrected chi connectivity index (χ4v) is 5.04.